The Kier molecular flexibility index (Phi) is 5.28. The van der Waals surface area contributed by atoms with Gasteiger partial charge in [-0.2, -0.15) is 0 Å². The molecule has 1 aromatic rings. The SMILES string of the molecule is COC(=O)C1=C(C)NC(C)=C(C(=O)OC)C1c1ccc(OC)cc1. The molecule has 0 bridgehead atoms. The topological polar surface area (TPSA) is 73.9 Å². The molecule has 0 unspecified atom stereocenters. The number of dihydropyridines is 1. The van der Waals surface area contributed by atoms with E-state index >= 15 is 0 Å². The lowest BCUT2D eigenvalue weighted by Crippen LogP contribution is -2.32. The predicted octanol–water partition coefficient (Wildman–Crippen LogP) is 2.28. The van der Waals surface area contributed by atoms with Crippen LogP contribution in [0.1, 0.15) is 25.3 Å². The minimum absolute atomic E-state index is 0.383. The maximum atomic E-state index is 12.3. The van der Waals surface area contributed by atoms with Gasteiger partial charge in [-0.3, -0.25) is 0 Å². The van der Waals surface area contributed by atoms with Gasteiger partial charge in [0, 0.05) is 11.4 Å². The highest BCUT2D eigenvalue weighted by Crippen LogP contribution is 2.39. The van der Waals surface area contributed by atoms with Gasteiger partial charge in [0.25, 0.3) is 0 Å². The summed E-state index contributed by atoms with van der Waals surface area (Å²) in [4.78, 5) is 24.7. The Morgan fingerprint density at radius 1 is 0.875 bits per heavy atom. The van der Waals surface area contributed by atoms with Crippen LogP contribution in [0.2, 0.25) is 0 Å². The number of ether oxygens (including phenoxy) is 3. The zero-order valence-electron chi connectivity index (χ0n) is 14.4. The summed E-state index contributed by atoms with van der Waals surface area (Å²) in [7, 11) is 4.21. The number of esters is 2. The highest BCUT2D eigenvalue weighted by Gasteiger charge is 2.37. The van der Waals surface area contributed by atoms with Crippen molar-refractivity contribution >= 4 is 11.9 Å². The van der Waals surface area contributed by atoms with Crippen LogP contribution in [-0.4, -0.2) is 33.3 Å². The molecule has 0 atom stereocenters. The summed E-state index contributed by atoms with van der Waals surface area (Å²) in [6.45, 7) is 3.56. The van der Waals surface area contributed by atoms with E-state index in [1.807, 2.05) is 12.1 Å². The number of rotatable bonds is 4. The fourth-order valence-corrected chi connectivity index (χ4v) is 2.88. The number of nitrogens with one attached hydrogen (secondary N) is 1. The van der Waals surface area contributed by atoms with Crippen LogP contribution in [0.4, 0.5) is 0 Å². The lowest BCUT2D eigenvalue weighted by atomic mass is 9.80. The molecule has 24 heavy (non-hydrogen) atoms. The Balaban J connectivity index is 2.64. The number of allylic oxidation sites excluding steroid dienone is 2. The molecule has 0 saturated carbocycles. The molecule has 0 spiro atoms. The Morgan fingerprint density at radius 3 is 1.71 bits per heavy atom. The van der Waals surface area contributed by atoms with Gasteiger partial charge in [0.1, 0.15) is 5.75 Å². The van der Waals surface area contributed by atoms with Crippen molar-refractivity contribution in [1.29, 1.82) is 0 Å². The lowest BCUT2D eigenvalue weighted by molar-refractivity contribution is -0.137. The molecule has 6 nitrogen and oxygen atoms in total. The van der Waals surface area contributed by atoms with Gasteiger partial charge >= 0.3 is 11.9 Å². The van der Waals surface area contributed by atoms with E-state index in [2.05, 4.69) is 5.32 Å². The molecule has 1 aliphatic heterocycles. The molecule has 0 aromatic heterocycles. The molecule has 0 aliphatic carbocycles. The van der Waals surface area contributed by atoms with E-state index in [4.69, 9.17) is 14.2 Å². The van der Waals surface area contributed by atoms with Gasteiger partial charge in [-0.25, -0.2) is 9.59 Å². The quantitative estimate of drug-likeness (QED) is 0.853. The first-order valence-corrected chi connectivity index (χ1v) is 7.43. The summed E-state index contributed by atoms with van der Waals surface area (Å²) < 4.78 is 15.0. The Bertz CT molecular complexity index is 677. The summed E-state index contributed by atoms with van der Waals surface area (Å²) in [5.74, 6) is -0.866. The number of methoxy groups -OCH3 is 3. The van der Waals surface area contributed by atoms with Crippen LogP contribution in [-0.2, 0) is 19.1 Å². The first-order valence-electron chi connectivity index (χ1n) is 7.43. The van der Waals surface area contributed by atoms with Gasteiger partial charge in [-0.1, -0.05) is 12.1 Å². The standard InChI is InChI=1S/C18H21NO5/c1-10-14(17(20)23-4)16(12-6-8-13(22-3)9-7-12)15(11(2)19-10)18(21)24-5/h6-9,16,19H,1-5H3. The van der Waals surface area contributed by atoms with Crippen LogP contribution in [0.25, 0.3) is 0 Å². The fraction of sp³-hybridized carbons (Fsp3) is 0.333. The fourth-order valence-electron chi connectivity index (χ4n) is 2.88. The highest BCUT2D eigenvalue weighted by atomic mass is 16.5. The molecule has 6 heteroatoms. The van der Waals surface area contributed by atoms with Crippen LogP contribution in [0.15, 0.2) is 46.8 Å². The van der Waals surface area contributed by atoms with Gasteiger partial charge in [0.05, 0.1) is 38.4 Å². The minimum atomic E-state index is -0.572. The molecular weight excluding hydrogens is 310 g/mol. The third-order valence-corrected chi connectivity index (χ3v) is 4.02. The van der Waals surface area contributed by atoms with Crippen LogP contribution in [0.3, 0.4) is 0 Å². The molecule has 1 aromatic carbocycles. The van der Waals surface area contributed by atoms with Crippen molar-refractivity contribution in [3.8, 4) is 5.75 Å². The van der Waals surface area contributed by atoms with Crippen molar-refractivity contribution in [2.24, 2.45) is 0 Å². The third-order valence-electron chi connectivity index (χ3n) is 4.02. The Labute approximate surface area is 141 Å². The molecule has 0 radical (unpaired) electrons. The number of hydrogen-bond acceptors (Lipinski definition) is 6. The Hall–Kier alpha value is -2.76. The monoisotopic (exact) mass is 331 g/mol. The predicted molar refractivity (Wildman–Crippen MR) is 88.3 cm³/mol. The van der Waals surface area contributed by atoms with Gasteiger partial charge in [0.2, 0.25) is 0 Å². The van der Waals surface area contributed by atoms with E-state index in [-0.39, 0.29) is 0 Å². The third kappa shape index (κ3) is 3.13. The first-order chi connectivity index (χ1) is 11.4. The van der Waals surface area contributed by atoms with E-state index in [9.17, 15) is 9.59 Å². The molecule has 128 valence electrons. The van der Waals surface area contributed by atoms with Gasteiger partial charge in [-0.05, 0) is 31.5 Å². The van der Waals surface area contributed by atoms with Crippen molar-refractivity contribution in [3.05, 3.63) is 52.4 Å². The van der Waals surface area contributed by atoms with Crippen LogP contribution >= 0.6 is 0 Å². The number of benzene rings is 1. The zero-order chi connectivity index (χ0) is 17.9. The van der Waals surface area contributed by atoms with Crippen molar-refractivity contribution < 1.29 is 23.8 Å². The molecule has 1 heterocycles. The highest BCUT2D eigenvalue weighted by molar-refractivity contribution is 5.99. The van der Waals surface area contributed by atoms with Crippen molar-refractivity contribution in [2.45, 2.75) is 19.8 Å². The van der Waals surface area contributed by atoms with Crippen LogP contribution in [0, 0.1) is 0 Å². The van der Waals surface area contributed by atoms with Crippen molar-refractivity contribution in [3.63, 3.8) is 0 Å². The molecule has 0 amide bonds. The van der Waals surface area contributed by atoms with Gasteiger partial charge in [-0.15, -0.1) is 0 Å². The first kappa shape index (κ1) is 17.6. The maximum absolute atomic E-state index is 12.3. The summed E-state index contributed by atoms with van der Waals surface area (Å²) in [6.07, 6.45) is 0. The van der Waals surface area contributed by atoms with Gasteiger partial charge in [0.15, 0.2) is 0 Å². The Morgan fingerprint density at radius 2 is 1.33 bits per heavy atom. The number of carbonyl (C=O) groups is 2. The zero-order valence-corrected chi connectivity index (χ0v) is 14.4. The number of hydrogen-bond donors (Lipinski definition) is 1. The second-order valence-electron chi connectivity index (χ2n) is 5.39. The van der Waals surface area contributed by atoms with E-state index in [0.717, 1.165) is 5.56 Å². The smallest absolute Gasteiger partial charge is 0.336 e. The molecule has 0 saturated heterocycles. The van der Waals surface area contributed by atoms with Gasteiger partial charge < -0.3 is 19.5 Å². The van der Waals surface area contributed by atoms with Crippen molar-refractivity contribution in [1.82, 2.24) is 5.32 Å². The molecule has 1 aliphatic rings. The second kappa shape index (κ2) is 7.21. The van der Waals surface area contributed by atoms with Crippen molar-refractivity contribution in [2.75, 3.05) is 21.3 Å². The van der Waals surface area contributed by atoms with Crippen LogP contribution < -0.4 is 10.1 Å². The molecular formula is C18H21NO5. The van der Waals surface area contributed by atoms with E-state index < -0.39 is 17.9 Å². The summed E-state index contributed by atoms with van der Waals surface area (Å²) >= 11 is 0. The average Bonchev–Trinajstić information content (AvgIpc) is 2.60. The molecule has 2 rings (SSSR count). The van der Waals surface area contributed by atoms with E-state index in [1.54, 1.807) is 33.1 Å². The average molecular weight is 331 g/mol. The lowest BCUT2D eigenvalue weighted by Gasteiger charge is -2.30. The second-order valence-corrected chi connectivity index (χ2v) is 5.39. The number of carbonyl (C=O) groups excluding carboxylic acids is 2. The molecule has 0 fully saturated rings. The van der Waals surface area contributed by atoms with E-state index in [0.29, 0.717) is 28.3 Å². The summed E-state index contributed by atoms with van der Waals surface area (Å²) in [5, 5.41) is 3.07. The summed E-state index contributed by atoms with van der Waals surface area (Å²) in [5.41, 5.74) is 2.83. The minimum Gasteiger partial charge on any atom is -0.497 e. The maximum Gasteiger partial charge on any atom is 0.336 e. The normalized spacial score (nSPS) is 15.0. The largest absolute Gasteiger partial charge is 0.497 e. The molecule has 1 N–H and O–H groups in total. The van der Waals surface area contributed by atoms with Crippen LogP contribution in [0.5, 0.6) is 5.75 Å². The van der Waals surface area contributed by atoms with E-state index in [1.165, 1.54) is 14.2 Å². The summed E-state index contributed by atoms with van der Waals surface area (Å²) in [6, 6.07) is 7.21.